The minimum atomic E-state index is 0.582. The molecule has 1 rings (SSSR count). The highest BCUT2D eigenvalue weighted by molar-refractivity contribution is 7.98. The van der Waals surface area contributed by atoms with Gasteiger partial charge in [0.25, 0.3) is 0 Å². The molecule has 0 aliphatic carbocycles. The van der Waals surface area contributed by atoms with Gasteiger partial charge in [-0.25, -0.2) is 5.43 Å². The van der Waals surface area contributed by atoms with Gasteiger partial charge in [0.1, 0.15) is 0 Å². The normalized spacial score (nSPS) is 9.83. The Balaban J connectivity index is 2.53. The Bertz CT molecular complexity index is 222. The highest BCUT2D eigenvalue weighted by Gasteiger charge is 1.90. The first-order valence-electron chi connectivity index (χ1n) is 3.68. The smallest absolute Gasteiger partial charge is 0.0780 e. The van der Waals surface area contributed by atoms with Crippen LogP contribution in [0.15, 0.2) is 29.2 Å². The summed E-state index contributed by atoms with van der Waals surface area (Å²) in [4.78, 5) is 1.27. The second-order valence-electron chi connectivity index (χ2n) is 2.29. The fraction of sp³-hybridized carbons (Fsp3) is 0.250. The largest absolute Gasteiger partial charge is 0.371 e. The van der Waals surface area contributed by atoms with Crippen LogP contribution in [0.3, 0.4) is 0 Å². The van der Waals surface area contributed by atoms with Gasteiger partial charge in [-0.1, -0.05) is 0 Å². The number of hydrogen-bond acceptors (Lipinski definition) is 4. The maximum absolute atomic E-state index is 5.12. The summed E-state index contributed by atoms with van der Waals surface area (Å²) in [6.45, 7) is 0.582. The van der Waals surface area contributed by atoms with E-state index in [0.717, 1.165) is 5.69 Å². The highest BCUT2D eigenvalue weighted by atomic mass is 32.2. The maximum Gasteiger partial charge on any atom is 0.0780 e. The van der Waals surface area contributed by atoms with Crippen molar-refractivity contribution in [3.05, 3.63) is 24.3 Å². The number of nitrogens with one attached hydrogen (secondary N) is 2. The third-order valence-corrected chi connectivity index (χ3v) is 2.23. The molecular formula is C8H13N3S. The quantitative estimate of drug-likeness (QED) is 0.284. The standard InChI is InChI=1S/C8H13N3S/c1-12-8-4-2-7(3-5-8)10-6-11-9/h2-5,10-11H,6,9H2,1H3. The van der Waals surface area contributed by atoms with E-state index < -0.39 is 0 Å². The maximum atomic E-state index is 5.12. The predicted molar refractivity (Wildman–Crippen MR) is 54.0 cm³/mol. The van der Waals surface area contributed by atoms with Crippen molar-refractivity contribution >= 4 is 17.4 Å². The van der Waals surface area contributed by atoms with Crippen LogP contribution in [0.5, 0.6) is 0 Å². The Morgan fingerprint density at radius 1 is 1.33 bits per heavy atom. The summed E-state index contributed by atoms with van der Waals surface area (Å²) in [5.41, 5.74) is 3.60. The first-order chi connectivity index (χ1) is 5.86. The molecule has 0 aliphatic rings. The van der Waals surface area contributed by atoms with Crippen LogP contribution in [0.4, 0.5) is 5.69 Å². The monoisotopic (exact) mass is 183 g/mol. The Morgan fingerprint density at radius 2 is 2.00 bits per heavy atom. The van der Waals surface area contributed by atoms with Gasteiger partial charge in [0.05, 0.1) is 6.67 Å². The fourth-order valence-electron chi connectivity index (χ4n) is 0.862. The fourth-order valence-corrected chi connectivity index (χ4v) is 1.27. The lowest BCUT2D eigenvalue weighted by molar-refractivity contribution is 0.790. The van der Waals surface area contributed by atoms with Gasteiger partial charge < -0.3 is 5.32 Å². The molecule has 0 spiro atoms. The van der Waals surface area contributed by atoms with Crippen molar-refractivity contribution in [2.45, 2.75) is 4.90 Å². The molecule has 12 heavy (non-hydrogen) atoms. The van der Waals surface area contributed by atoms with Gasteiger partial charge >= 0.3 is 0 Å². The second-order valence-corrected chi connectivity index (χ2v) is 3.17. The Morgan fingerprint density at radius 3 is 2.50 bits per heavy atom. The molecule has 4 N–H and O–H groups in total. The van der Waals surface area contributed by atoms with Gasteiger partial charge in [0.15, 0.2) is 0 Å². The Labute approximate surface area is 76.7 Å². The van der Waals surface area contributed by atoms with Gasteiger partial charge in [-0.15, -0.1) is 11.8 Å². The summed E-state index contributed by atoms with van der Waals surface area (Å²) in [6.07, 6.45) is 2.06. The summed E-state index contributed by atoms with van der Waals surface area (Å²) in [7, 11) is 0. The lowest BCUT2D eigenvalue weighted by Gasteiger charge is -2.04. The van der Waals surface area contributed by atoms with E-state index >= 15 is 0 Å². The average Bonchev–Trinajstić information content (AvgIpc) is 2.15. The summed E-state index contributed by atoms with van der Waals surface area (Å²) in [6, 6.07) is 8.21. The Kier molecular flexibility index (Phi) is 3.93. The van der Waals surface area contributed by atoms with Crippen LogP contribution < -0.4 is 16.6 Å². The van der Waals surface area contributed by atoms with Gasteiger partial charge in [0.2, 0.25) is 0 Å². The predicted octanol–water partition coefficient (Wildman–Crippen LogP) is 1.24. The van der Waals surface area contributed by atoms with E-state index in [4.69, 9.17) is 5.84 Å². The second kappa shape index (κ2) is 5.03. The molecule has 0 aromatic heterocycles. The molecule has 66 valence electrons. The molecular weight excluding hydrogens is 170 g/mol. The molecule has 0 unspecified atom stereocenters. The third-order valence-electron chi connectivity index (χ3n) is 1.48. The summed E-state index contributed by atoms with van der Waals surface area (Å²) < 4.78 is 0. The zero-order valence-electron chi connectivity index (χ0n) is 7.00. The molecule has 0 amide bonds. The van der Waals surface area contributed by atoms with Gasteiger partial charge in [-0.05, 0) is 30.5 Å². The van der Waals surface area contributed by atoms with Crippen molar-refractivity contribution < 1.29 is 0 Å². The van der Waals surface area contributed by atoms with E-state index in [0.29, 0.717) is 6.67 Å². The third kappa shape index (κ3) is 2.73. The van der Waals surface area contributed by atoms with Crippen LogP contribution in [0.25, 0.3) is 0 Å². The summed E-state index contributed by atoms with van der Waals surface area (Å²) >= 11 is 1.73. The molecule has 0 radical (unpaired) electrons. The van der Waals surface area contributed by atoms with Crippen LogP contribution in [0.1, 0.15) is 0 Å². The number of benzene rings is 1. The molecule has 0 saturated heterocycles. The van der Waals surface area contributed by atoms with Crippen LogP contribution >= 0.6 is 11.8 Å². The minimum absolute atomic E-state index is 0.582. The van der Waals surface area contributed by atoms with Crippen molar-refractivity contribution in [3.63, 3.8) is 0 Å². The molecule has 0 bridgehead atoms. The number of rotatable bonds is 4. The number of hydrazine groups is 1. The number of hydrogen-bond donors (Lipinski definition) is 3. The summed E-state index contributed by atoms with van der Waals surface area (Å²) in [5, 5.41) is 3.10. The topological polar surface area (TPSA) is 50.1 Å². The van der Waals surface area contributed by atoms with Crippen LogP contribution in [0, 0.1) is 0 Å². The van der Waals surface area contributed by atoms with Crippen molar-refractivity contribution in [2.75, 3.05) is 18.2 Å². The number of thioether (sulfide) groups is 1. The molecule has 3 nitrogen and oxygen atoms in total. The zero-order valence-corrected chi connectivity index (χ0v) is 7.82. The van der Waals surface area contributed by atoms with E-state index in [9.17, 15) is 0 Å². The van der Waals surface area contributed by atoms with Gasteiger partial charge in [-0.2, -0.15) is 0 Å². The van der Waals surface area contributed by atoms with E-state index in [2.05, 4.69) is 29.1 Å². The number of nitrogens with two attached hydrogens (primary N) is 1. The van der Waals surface area contributed by atoms with E-state index in [1.54, 1.807) is 11.8 Å². The minimum Gasteiger partial charge on any atom is -0.371 e. The van der Waals surface area contributed by atoms with Crippen LogP contribution in [-0.4, -0.2) is 12.9 Å². The van der Waals surface area contributed by atoms with E-state index in [-0.39, 0.29) is 0 Å². The van der Waals surface area contributed by atoms with Gasteiger partial charge in [0, 0.05) is 10.6 Å². The molecule has 0 aliphatic heterocycles. The first kappa shape index (κ1) is 9.38. The molecule has 1 aromatic carbocycles. The van der Waals surface area contributed by atoms with E-state index in [1.807, 2.05) is 12.1 Å². The molecule has 0 atom stereocenters. The average molecular weight is 183 g/mol. The zero-order chi connectivity index (χ0) is 8.81. The van der Waals surface area contributed by atoms with E-state index in [1.165, 1.54) is 4.90 Å². The molecule has 0 saturated carbocycles. The van der Waals surface area contributed by atoms with Crippen molar-refractivity contribution in [3.8, 4) is 0 Å². The summed E-state index contributed by atoms with van der Waals surface area (Å²) in [5.74, 6) is 5.12. The molecule has 4 heteroatoms. The SMILES string of the molecule is CSc1ccc(NCNN)cc1. The van der Waals surface area contributed by atoms with Crippen molar-refractivity contribution in [1.29, 1.82) is 0 Å². The van der Waals surface area contributed by atoms with Crippen LogP contribution in [0.2, 0.25) is 0 Å². The lowest BCUT2D eigenvalue weighted by atomic mass is 10.3. The van der Waals surface area contributed by atoms with Crippen LogP contribution in [-0.2, 0) is 0 Å². The number of anilines is 1. The Hall–Kier alpha value is -0.710. The molecule has 0 fully saturated rings. The first-order valence-corrected chi connectivity index (χ1v) is 4.90. The highest BCUT2D eigenvalue weighted by Crippen LogP contribution is 2.16. The molecule has 0 heterocycles. The van der Waals surface area contributed by atoms with Crippen molar-refractivity contribution in [1.82, 2.24) is 5.43 Å². The van der Waals surface area contributed by atoms with Crippen molar-refractivity contribution in [2.24, 2.45) is 5.84 Å². The van der Waals surface area contributed by atoms with Gasteiger partial charge in [-0.3, -0.25) is 5.84 Å². The lowest BCUT2D eigenvalue weighted by Crippen LogP contribution is -2.28. The molecule has 1 aromatic rings.